The summed E-state index contributed by atoms with van der Waals surface area (Å²) < 4.78 is 70.5. The minimum absolute atomic E-state index is 0.0189. The zero-order valence-corrected chi connectivity index (χ0v) is 19.3. The largest absolute Gasteiger partial charge is 0.416 e. The second-order valence-corrected chi connectivity index (χ2v) is 14.4. The molecular weight excluding hydrogens is 439 g/mol. The summed E-state index contributed by atoms with van der Waals surface area (Å²) in [6, 6.07) is 20.6. The van der Waals surface area contributed by atoms with Crippen LogP contribution in [0.2, 0.25) is 13.1 Å². The van der Waals surface area contributed by atoms with Crippen molar-refractivity contribution in [3.8, 4) is 0 Å². The molecule has 0 radical (unpaired) electrons. The Morgan fingerprint density at radius 2 is 1.39 bits per heavy atom. The van der Waals surface area contributed by atoms with Crippen LogP contribution in [-0.2, 0) is 16.2 Å². The number of halogens is 3. The van der Waals surface area contributed by atoms with Crippen molar-refractivity contribution in [1.29, 1.82) is 0 Å². The number of benzene rings is 3. The molecule has 31 heavy (non-hydrogen) atoms. The monoisotopic (exact) mass is 463 g/mol. The summed E-state index contributed by atoms with van der Waals surface area (Å²) in [5.41, 5.74) is -1.04. The predicted octanol–water partition coefficient (Wildman–Crippen LogP) is 5.19. The maximum atomic E-state index is 13.8. The Morgan fingerprint density at radius 1 is 0.839 bits per heavy atom. The standard InChI is InChI=1S/C23H24F3NO2SSi/c1-17-13-15-18(16-14-17)30(28,29)27-22(31(2,3)19-9-5-4-6-10-19)20-11-7-8-12-21(20)23(24,25)26/h4-16,22,27H,1-3H3/t22-/m1/s1. The zero-order chi connectivity index (χ0) is 22.9. The smallest absolute Gasteiger partial charge is 0.207 e. The van der Waals surface area contributed by atoms with Gasteiger partial charge in [-0.1, -0.05) is 84.5 Å². The Kier molecular flexibility index (Phi) is 6.45. The van der Waals surface area contributed by atoms with Crippen molar-refractivity contribution in [3.05, 3.63) is 95.6 Å². The normalized spacial score (nSPS) is 13.7. The van der Waals surface area contributed by atoms with E-state index in [9.17, 15) is 21.6 Å². The van der Waals surface area contributed by atoms with Crippen molar-refractivity contribution in [3.63, 3.8) is 0 Å². The quantitative estimate of drug-likeness (QED) is 0.512. The molecule has 0 aliphatic rings. The molecule has 0 spiro atoms. The van der Waals surface area contributed by atoms with E-state index in [-0.39, 0.29) is 10.5 Å². The first-order chi connectivity index (χ1) is 14.4. The van der Waals surface area contributed by atoms with Gasteiger partial charge in [-0.15, -0.1) is 0 Å². The number of aryl methyl sites for hydroxylation is 1. The average Bonchev–Trinajstić information content (AvgIpc) is 2.72. The van der Waals surface area contributed by atoms with Crippen LogP contribution >= 0.6 is 0 Å². The highest BCUT2D eigenvalue weighted by atomic mass is 32.2. The van der Waals surface area contributed by atoms with Crippen molar-refractivity contribution in [2.24, 2.45) is 0 Å². The molecule has 1 N–H and O–H groups in total. The molecule has 0 amide bonds. The van der Waals surface area contributed by atoms with Gasteiger partial charge in [-0.25, -0.2) is 13.1 Å². The molecule has 8 heteroatoms. The molecule has 0 aromatic heterocycles. The van der Waals surface area contributed by atoms with Crippen LogP contribution < -0.4 is 9.91 Å². The summed E-state index contributed by atoms with van der Waals surface area (Å²) in [7, 11) is -6.86. The van der Waals surface area contributed by atoms with Crippen LogP contribution in [0.15, 0.2) is 83.8 Å². The second-order valence-electron chi connectivity index (χ2n) is 8.04. The Morgan fingerprint density at radius 3 is 1.97 bits per heavy atom. The molecule has 0 aliphatic heterocycles. The molecule has 0 bridgehead atoms. The SMILES string of the molecule is Cc1ccc(S(=O)(=O)N[C@@H](c2ccccc2C(F)(F)F)[Si](C)(C)c2ccccc2)cc1. The molecule has 0 fully saturated rings. The second kappa shape index (κ2) is 8.61. The van der Waals surface area contributed by atoms with E-state index in [2.05, 4.69) is 4.72 Å². The molecular formula is C23H24F3NO2SSi. The van der Waals surface area contributed by atoms with Crippen molar-refractivity contribution < 1.29 is 21.6 Å². The van der Waals surface area contributed by atoms with Gasteiger partial charge in [-0.2, -0.15) is 13.2 Å². The number of sulfonamides is 1. The average molecular weight is 464 g/mol. The van der Waals surface area contributed by atoms with Gasteiger partial charge in [0, 0.05) is 5.67 Å². The molecule has 3 rings (SSSR count). The molecule has 0 saturated heterocycles. The van der Waals surface area contributed by atoms with Crippen molar-refractivity contribution in [2.75, 3.05) is 0 Å². The van der Waals surface area contributed by atoms with E-state index in [1.54, 1.807) is 12.1 Å². The van der Waals surface area contributed by atoms with E-state index in [0.717, 1.165) is 16.8 Å². The fourth-order valence-corrected chi connectivity index (χ4v) is 8.71. The Labute approximate surface area is 182 Å². The van der Waals surface area contributed by atoms with Crippen molar-refractivity contribution in [1.82, 2.24) is 4.72 Å². The van der Waals surface area contributed by atoms with E-state index in [1.807, 2.05) is 50.3 Å². The van der Waals surface area contributed by atoms with Gasteiger partial charge in [0.25, 0.3) is 0 Å². The Balaban J connectivity index is 2.18. The van der Waals surface area contributed by atoms with E-state index >= 15 is 0 Å². The molecule has 0 aliphatic carbocycles. The number of rotatable bonds is 6. The Bertz CT molecular complexity index is 1150. The van der Waals surface area contributed by atoms with Gasteiger partial charge in [0.05, 0.1) is 10.5 Å². The molecule has 0 saturated carbocycles. The van der Waals surface area contributed by atoms with Gasteiger partial charge < -0.3 is 0 Å². The zero-order valence-electron chi connectivity index (χ0n) is 17.4. The van der Waals surface area contributed by atoms with Gasteiger partial charge in [0.1, 0.15) is 8.07 Å². The fraction of sp³-hybridized carbons (Fsp3) is 0.217. The minimum atomic E-state index is -4.61. The highest BCUT2D eigenvalue weighted by molar-refractivity contribution is 7.89. The lowest BCUT2D eigenvalue weighted by molar-refractivity contribution is -0.138. The van der Waals surface area contributed by atoms with E-state index < -0.39 is 35.5 Å². The summed E-state index contributed by atoms with van der Waals surface area (Å²) in [6.07, 6.45) is -4.61. The third-order valence-electron chi connectivity index (χ3n) is 5.42. The molecule has 3 nitrogen and oxygen atoms in total. The fourth-order valence-electron chi connectivity index (χ4n) is 3.58. The summed E-state index contributed by atoms with van der Waals surface area (Å²) >= 11 is 0. The molecule has 3 aromatic carbocycles. The maximum absolute atomic E-state index is 13.8. The lowest BCUT2D eigenvalue weighted by Gasteiger charge is -2.35. The molecule has 164 valence electrons. The number of nitrogens with one attached hydrogen (secondary N) is 1. The van der Waals surface area contributed by atoms with E-state index in [0.29, 0.717) is 0 Å². The highest BCUT2D eigenvalue weighted by Crippen LogP contribution is 2.38. The van der Waals surface area contributed by atoms with Crippen LogP contribution in [0.25, 0.3) is 0 Å². The first-order valence-electron chi connectivity index (χ1n) is 9.73. The third kappa shape index (κ3) is 5.08. The minimum Gasteiger partial charge on any atom is -0.207 e. The third-order valence-corrected chi connectivity index (χ3v) is 10.8. The van der Waals surface area contributed by atoms with Gasteiger partial charge in [-0.05, 0) is 30.7 Å². The van der Waals surface area contributed by atoms with Crippen LogP contribution in [0.5, 0.6) is 0 Å². The maximum Gasteiger partial charge on any atom is 0.416 e. The molecule has 3 aromatic rings. The van der Waals surface area contributed by atoms with Gasteiger partial charge in [0.2, 0.25) is 10.0 Å². The van der Waals surface area contributed by atoms with Crippen LogP contribution in [-0.4, -0.2) is 16.5 Å². The van der Waals surface area contributed by atoms with Crippen LogP contribution in [0, 0.1) is 6.92 Å². The molecule has 1 atom stereocenters. The number of alkyl halides is 3. The summed E-state index contributed by atoms with van der Waals surface area (Å²) in [5.74, 6) is 0. The van der Waals surface area contributed by atoms with Crippen LogP contribution in [0.3, 0.4) is 0 Å². The van der Waals surface area contributed by atoms with Crippen LogP contribution in [0.1, 0.15) is 22.4 Å². The van der Waals surface area contributed by atoms with Crippen molar-refractivity contribution in [2.45, 2.75) is 36.8 Å². The summed E-state index contributed by atoms with van der Waals surface area (Å²) in [4.78, 5) is 0.0189. The van der Waals surface area contributed by atoms with Crippen LogP contribution in [0.4, 0.5) is 13.2 Å². The van der Waals surface area contributed by atoms with Gasteiger partial charge in [-0.3, -0.25) is 0 Å². The first-order valence-corrected chi connectivity index (χ1v) is 14.3. The highest BCUT2D eigenvalue weighted by Gasteiger charge is 2.43. The lowest BCUT2D eigenvalue weighted by Crippen LogP contribution is -2.54. The topological polar surface area (TPSA) is 46.2 Å². The predicted molar refractivity (Wildman–Crippen MR) is 119 cm³/mol. The van der Waals surface area contributed by atoms with Crippen molar-refractivity contribution >= 4 is 23.3 Å². The number of hydrogen-bond acceptors (Lipinski definition) is 2. The molecule has 0 heterocycles. The van der Waals surface area contributed by atoms with E-state index in [4.69, 9.17) is 0 Å². The first kappa shape index (κ1) is 23.2. The molecule has 0 unspecified atom stereocenters. The van der Waals surface area contributed by atoms with Gasteiger partial charge in [0.15, 0.2) is 0 Å². The van der Waals surface area contributed by atoms with Gasteiger partial charge >= 0.3 is 6.18 Å². The summed E-state index contributed by atoms with van der Waals surface area (Å²) in [6.45, 7) is 5.58. The van der Waals surface area contributed by atoms with E-state index in [1.165, 1.54) is 30.3 Å². The number of hydrogen-bond donors (Lipinski definition) is 1. The summed E-state index contributed by atoms with van der Waals surface area (Å²) in [5, 5.41) is 0.851. The Hall–Kier alpha value is -2.42. The lowest BCUT2D eigenvalue weighted by atomic mass is 10.1.